The van der Waals surface area contributed by atoms with E-state index in [4.69, 9.17) is 9.47 Å². The molecular formula is C9H9NO4. The maximum Gasteiger partial charge on any atom is 0.308 e. The Labute approximate surface area is 80.7 Å². The largest absolute Gasteiger partial charge is 0.493 e. The fourth-order valence-electron chi connectivity index (χ4n) is 0.937. The lowest BCUT2D eigenvalue weighted by Crippen LogP contribution is -2.06. The van der Waals surface area contributed by atoms with E-state index in [9.17, 15) is 9.59 Å². The van der Waals surface area contributed by atoms with Crippen LogP contribution in [0.15, 0.2) is 12.3 Å². The van der Waals surface area contributed by atoms with Crippen LogP contribution < -0.4 is 9.47 Å². The molecular weight excluding hydrogens is 186 g/mol. The van der Waals surface area contributed by atoms with E-state index in [-0.39, 0.29) is 11.4 Å². The van der Waals surface area contributed by atoms with Crippen LogP contribution in [0.1, 0.15) is 17.4 Å². The molecule has 0 aliphatic heterocycles. The van der Waals surface area contributed by atoms with E-state index in [0.29, 0.717) is 12.0 Å². The van der Waals surface area contributed by atoms with E-state index in [2.05, 4.69) is 4.98 Å². The molecule has 1 aromatic rings. The van der Waals surface area contributed by atoms with Gasteiger partial charge in [-0.05, 0) is 0 Å². The van der Waals surface area contributed by atoms with Crippen LogP contribution in [-0.4, -0.2) is 24.3 Å². The van der Waals surface area contributed by atoms with Crippen LogP contribution in [-0.2, 0) is 4.79 Å². The molecule has 0 aromatic carbocycles. The summed E-state index contributed by atoms with van der Waals surface area (Å²) < 4.78 is 9.71. The van der Waals surface area contributed by atoms with Crippen LogP contribution >= 0.6 is 0 Å². The zero-order chi connectivity index (χ0) is 10.6. The van der Waals surface area contributed by atoms with Crippen LogP contribution in [0.25, 0.3) is 0 Å². The van der Waals surface area contributed by atoms with Gasteiger partial charge in [0.15, 0.2) is 12.0 Å². The molecule has 0 atom stereocenters. The summed E-state index contributed by atoms with van der Waals surface area (Å²) in [6.45, 7) is 1.24. The van der Waals surface area contributed by atoms with Crippen molar-refractivity contribution >= 4 is 12.3 Å². The van der Waals surface area contributed by atoms with Gasteiger partial charge in [-0.15, -0.1) is 0 Å². The fraction of sp³-hybridized carbons (Fsp3) is 0.222. The second-order valence-electron chi connectivity index (χ2n) is 2.44. The van der Waals surface area contributed by atoms with Gasteiger partial charge in [-0.3, -0.25) is 9.59 Å². The van der Waals surface area contributed by atoms with Crippen molar-refractivity contribution in [1.82, 2.24) is 4.98 Å². The molecule has 0 bridgehead atoms. The lowest BCUT2D eigenvalue weighted by molar-refractivity contribution is -0.132. The molecule has 0 aliphatic carbocycles. The Morgan fingerprint density at radius 1 is 1.57 bits per heavy atom. The lowest BCUT2D eigenvalue weighted by atomic mass is 10.3. The minimum atomic E-state index is -0.528. The molecule has 1 aromatic heterocycles. The number of aldehydes is 1. The fourth-order valence-corrected chi connectivity index (χ4v) is 0.937. The molecule has 0 aliphatic rings. The maximum absolute atomic E-state index is 10.7. The van der Waals surface area contributed by atoms with Crippen molar-refractivity contribution in [3.05, 3.63) is 18.0 Å². The number of pyridine rings is 1. The summed E-state index contributed by atoms with van der Waals surface area (Å²) in [6, 6.07) is 1.51. The lowest BCUT2D eigenvalue weighted by Gasteiger charge is -2.08. The van der Waals surface area contributed by atoms with Crippen LogP contribution in [0.4, 0.5) is 0 Å². The Balaban J connectivity index is 3.18. The number of methoxy groups -OCH3 is 1. The average molecular weight is 195 g/mol. The predicted molar refractivity (Wildman–Crippen MR) is 47.5 cm³/mol. The smallest absolute Gasteiger partial charge is 0.308 e. The topological polar surface area (TPSA) is 65.5 Å². The van der Waals surface area contributed by atoms with E-state index < -0.39 is 5.97 Å². The van der Waals surface area contributed by atoms with Crippen LogP contribution in [0.5, 0.6) is 11.5 Å². The van der Waals surface area contributed by atoms with E-state index >= 15 is 0 Å². The van der Waals surface area contributed by atoms with Gasteiger partial charge in [0, 0.05) is 19.2 Å². The second kappa shape index (κ2) is 4.36. The summed E-state index contributed by atoms with van der Waals surface area (Å²) in [5.41, 5.74) is 0.0413. The molecule has 0 spiro atoms. The predicted octanol–water partition coefficient (Wildman–Crippen LogP) is 0.828. The van der Waals surface area contributed by atoms with Crippen molar-refractivity contribution in [1.29, 1.82) is 0 Å². The molecule has 0 radical (unpaired) electrons. The molecule has 14 heavy (non-hydrogen) atoms. The number of carbonyl (C=O) groups excluding carboxylic acids is 2. The summed E-state index contributed by atoms with van der Waals surface area (Å²) in [7, 11) is 1.41. The number of hydrogen-bond acceptors (Lipinski definition) is 5. The highest BCUT2D eigenvalue weighted by molar-refractivity contribution is 5.81. The van der Waals surface area contributed by atoms with Gasteiger partial charge < -0.3 is 9.47 Å². The first-order chi connectivity index (χ1) is 6.69. The number of esters is 1. The number of rotatable bonds is 3. The van der Waals surface area contributed by atoms with Crippen molar-refractivity contribution in [2.24, 2.45) is 0 Å². The summed E-state index contributed by atoms with van der Waals surface area (Å²) in [6.07, 6.45) is 1.90. The zero-order valence-electron chi connectivity index (χ0n) is 7.81. The van der Waals surface area contributed by atoms with Crippen molar-refractivity contribution < 1.29 is 19.1 Å². The monoisotopic (exact) mass is 195 g/mol. The van der Waals surface area contributed by atoms with E-state index in [0.717, 1.165) is 0 Å². The van der Waals surface area contributed by atoms with Gasteiger partial charge >= 0.3 is 5.97 Å². The van der Waals surface area contributed by atoms with Crippen LogP contribution in [0.3, 0.4) is 0 Å². The number of aromatic nitrogens is 1. The molecule has 1 rings (SSSR count). The highest BCUT2D eigenvalue weighted by atomic mass is 16.6. The highest BCUT2D eigenvalue weighted by Gasteiger charge is 2.13. The Kier molecular flexibility index (Phi) is 3.17. The molecule has 0 saturated carbocycles. The van der Waals surface area contributed by atoms with E-state index in [1.54, 1.807) is 0 Å². The Morgan fingerprint density at radius 3 is 2.79 bits per heavy atom. The summed E-state index contributed by atoms with van der Waals surface area (Å²) in [4.78, 5) is 25.0. The standard InChI is InChI=1S/C9H9NO4/c1-6(12)14-9-7(5-11)10-4-3-8(9)13-2/h3-5H,1-2H3. The molecule has 5 heteroatoms. The molecule has 0 fully saturated rings. The summed E-state index contributed by atoms with van der Waals surface area (Å²) in [5.74, 6) is -0.172. The first-order valence-corrected chi connectivity index (χ1v) is 3.85. The highest BCUT2D eigenvalue weighted by Crippen LogP contribution is 2.28. The van der Waals surface area contributed by atoms with Gasteiger partial charge in [-0.1, -0.05) is 0 Å². The molecule has 0 amide bonds. The van der Waals surface area contributed by atoms with Gasteiger partial charge in [0.05, 0.1) is 7.11 Å². The van der Waals surface area contributed by atoms with Crippen LogP contribution in [0.2, 0.25) is 0 Å². The molecule has 0 unspecified atom stereocenters. The minimum absolute atomic E-state index is 0.0413. The molecule has 0 saturated heterocycles. The van der Waals surface area contributed by atoms with E-state index in [1.807, 2.05) is 0 Å². The first-order valence-electron chi connectivity index (χ1n) is 3.85. The molecule has 74 valence electrons. The van der Waals surface area contributed by atoms with Crippen molar-refractivity contribution in [3.63, 3.8) is 0 Å². The normalized spacial score (nSPS) is 9.29. The second-order valence-corrected chi connectivity index (χ2v) is 2.44. The van der Waals surface area contributed by atoms with Gasteiger partial charge in [0.25, 0.3) is 0 Å². The van der Waals surface area contributed by atoms with Gasteiger partial charge in [0.1, 0.15) is 5.69 Å². The Bertz CT molecular complexity index is 362. The third-order valence-electron chi connectivity index (χ3n) is 1.47. The Morgan fingerprint density at radius 2 is 2.29 bits per heavy atom. The minimum Gasteiger partial charge on any atom is -0.493 e. The third kappa shape index (κ3) is 2.07. The summed E-state index contributed by atoms with van der Waals surface area (Å²) >= 11 is 0. The number of hydrogen-bond donors (Lipinski definition) is 0. The number of carbonyl (C=O) groups is 2. The van der Waals surface area contributed by atoms with Crippen molar-refractivity contribution in [2.45, 2.75) is 6.92 Å². The van der Waals surface area contributed by atoms with Crippen molar-refractivity contribution in [2.75, 3.05) is 7.11 Å². The van der Waals surface area contributed by atoms with E-state index in [1.165, 1.54) is 26.3 Å². The Hall–Kier alpha value is -1.91. The van der Waals surface area contributed by atoms with Gasteiger partial charge in [0.2, 0.25) is 5.75 Å². The SMILES string of the molecule is COc1ccnc(C=O)c1OC(C)=O. The van der Waals surface area contributed by atoms with Gasteiger partial charge in [-0.2, -0.15) is 0 Å². The molecule has 0 N–H and O–H groups in total. The maximum atomic E-state index is 10.7. The third-order valence-corrected chi connectivity index (χ3v) is 1.47. The summed E-state index contributed by atoms with van der Waals surface area (Å²) in [5, 5.41) is 0. The average Bonchev–Trinajstić information content (AvgIpc) is 2.17. The molecule has 5 nitrogen and oxygen atoms in total. The number of ether oxygens (including phenoxy) is 2. The van der Waals surface area contributed by atoms with Crippen LogP contribution in [0, 0.1) is 0 Å². The van der Waals surface area contributed by atoms with Crippen molar-refractivity contribution in [3.8, 4) is 11.5 Å². The molecule has 1 heterocycles. The first kappa shape index (κ1) is 10.2. The zero-order valence-corrected chi connectivity index (χ0v) is 7.81. The number of nitrogens with zero attached hydrogens (tertiary/aromatic N) is 1. The van der Waals surface area contributed by atoms with Gasteiger partial charge in [-0.25, -0.2) is 4.98 Å². The quantitative estimate of drug-likeness (QED) is 0.528.